The zero-order valence-electron chi connectivity index (χ0n) is 12.4. The average molecular weight is 342 g/mol. The van der Waals surface area contributed by atoms with Crippen LogP contribution in [-0.4, -0.2) is 29.1 Å². The molecule has 1 aliphatic rings. The molecule has 0 saturated heterocycles. The molecular formula is C16H12N3O4S-. The molecule has 0 spiro atoms. The first-order valence-corrected chi connectivity index (χ1v) is 7.92. The van der Waals surface area contributed by atoms with Crippen LogP contribution >= 0.6 is 11.8 Å². The summed E-state index contributed by atoms with van der Waals surface area (Å²) in [5.74, 6) is -1.21. The van der Waals surface area contributed by atoms with Gasteiger partial charge in [-0.3, -0.25) is 15.1 Å². The predicted molar refractivity (Wildman–Crippen MR) is 89.4 cm³/mol. The number of aliphatic imine (C=N–C) groups is 1. The molecule has 0 radical (unpaired) electrons. The largest absolute Gasteiger partial charge is 0.545 e. The fraction of sp³-hybridized carbons (Fsp3) is 0.125. The molecule has 24 heavy (non-hydrogen) atoms. The lowest BCUT2D eigenvalue weighted by atomic mass is 10.2. The molecule has 122 valence electrons. The number of nitro groups is 1. The van der Waals surface area contributed by atoms with E-state index in [0.717, 1.165) is 15.8 Å². The summed E-state index contributed by atoms with van der Waals surface area (Å²) in [6.45, 7) is 1.33. The van der Waals surface area contributed by atoms with Gasteiger partial charge in [-0.2, -0.15) is 0 Å². The zero-order chi connectivity index (χ0) is 17.1. The van der Waals surface area contributed by atoms with Crippen LogP contribution in [0.4, 0.5) is 11.4 Å². The topological polar surface area (TPSA) is 98.9 Å². The third-order valence-electron chi connectivity index (χ3n) is 3.47. The quantitative estimate of drug-likeness (QED) is 0.622. The predicted octanol–water partition coefficient (Wildman–Crippen LogP) is 1.93. The minimum atomic E-state index is -1.21. The van der Waals surface area contributed by atoms with Crippen molar-refractivity contribution in [3.05, 3.63) is 64.2 Å². The summed E-state index contributed by atoms with van der Waals surface area (Å²) in [5.41, 5.74) is 1.01. The Kier molecular flexibility index (Phi) is 4.48. The van der Waals surface area contributed by atoms with E-state index in [4.69, 9.17) is 0 Å². The van der Waals surface area contributed by atoms with Crippen molar-refractivity contribution < 1.29 is 14.8 Å². The lowest BCUT2D eigenvalue weighted by molar-refractivity contribution is -0.384. The maximum atomic E-state index is 10.8. The van der Waals surface area contributed by atoms with Crippen LogP contribution in [-0.2, 0) is 0 Å². The summed E-state index contributed by atoms with van der Waals surface area (Å²) >= 11 is 1.41. The maximum Gasteiger partial charge on any atom is 0.269 e. The van der Waals surface area contributed by atoms with Gasteiger partial charge in [0.1, 0.15) is 0 Å². The molecule has 0 bridgehead atoms. The number of rotatable bonds is 4. The monoisotopic (exact) mass is 342 g/mol. The number of benzene rings is 2. The average Bonchev–Trinajstić information content (AvgIpc) is 3.03. The van der Waals surface area contributed by atoms with Gasteiger partial charge in [-0.15, -0.1) is 0 Å². The van der Waals surface area contributed by atoms with Crippen molar-refractivity contribution >= 4 is 34.3 Å². The molecule has 7 nitrogen and oxygen atoms in total. The number of carboxylic acids is 1. The highest BCUT2D eigenvalue weighted by Gasteiger charge is 2.20. The summed E-state index contributed by atoms with van der Waals surface area (Å²) in [5, 5.41) is 22.3. The minimum absolute atomic E-state index is 0.0439. The second kappa shape index (κ2) is 6.71. The molecule has 0 aliphatic carbocycles. The molecule has 0 saturated carbocycles. The smallest absolute Gasteiger partial charge is 0.269 e. The number of hydrogen-bond acceptors (Lipinski definition) is 7. The highest BCUT2D eigenvalue weighted by atomic mass is 32.2. The first kappa shape index (κ1) is 16.0. The number of carboxylic acid groups (broad SMARTS) is 1. The van der Waals surface area contributed by atoms with Crippen molar-refractivity contribution in [3.63, 3.8) is 0 Å². The summed E-state index contributed by atoms with van der Waals surface area (Å²) in [6, 6.07) is 12.7. The van der Waals surface area contributed by atoms with Crippen LogP contribution in [0.3, 0.4) is 0 Å². The normalized spacial score (nSPS) is 13.7. The van der Waals surface area contributed by atoms with E-state index in [-0.39, 0.29) is 11.3 Å². The summed E-state index contributed by atoms with van der Waals surface area (Å²) in [6.07, 6.45) is 0. The lowest BCUT2D eigenvalue weighted by Gasteiger charge is -2.20. The molecule has 0 N–H and O–H groups in total. The Morgan fingerprint density at radius 3 is 2.38 bits per heavy atom. The van der Waals surface area contributed by atoms with Crippen LogP contribution in [0.5, 0.6) is 0 Å². The van der Waals surface area contributed by atoms with E-state index in [9.17, 15) is 20.0 Å². The Bertz CT molecular complexity index is 803. The number of anilines is 1. The van der Waals surface area contributed by atoms with Crippen LogP contribution in [0.1, 0.15) is 10.4 Å². The molecular weight excluding hydrogens is 330 g/mol. The summed E-state index contributed by atoms with van der Waals surface area (Å²) in [7, 11) is 0. The Morgan fingerprint density at radius 1 is 1.12 bits per heavy atom. The molecule has 0 fully saturated rings. The van der Waals surface area contributed by atoms with Crippen molar-refractivity contribution in [1.29, 1.82) is 0 Å². The zero-order valence-corrected chi connectivity index (χ0v) is 13.2. The van der Waals surface area contributed by atoms with Gasteiger partial charge in [-0.05, 0) is 29.8 Å². The van der Waals surface area contributed by atoms with Crippen LogP contribution in [0.15, 0.2) is 58.4 Å². The third-order valence-corrected chi connectivity index (χ3v) is 4.51. The van der Waals surface area contributed by atoms with Crippen molar-refractivity contribution in [2.24, 2.45) is 4.99 Å². The number of aromatic carboxylic acids is 1. The molecule has 8 heteroatoms. The van der Waals surface area contributed by atoms with Crippen molar-refractivity contribution in [1.82, 2.24) is 0 Å². The Labute approximate surface area is 141 Å². The Morgan fingerprint density at radius 2 is 1.79 bits per heavy atom. The van der Waals surface area contributed by atoms with Gasteiger partial charge in [0.25, 0.3) is 5.69 Å². The number of non-ortho nitro benzene ring substituents is 1. The van der Waals surface area contributed by atoms with Gasteiger partial charge in [0.05, 0.1) is 17.4 Å². The van der Waals surface area contributed by atoms with Gasteiger partial charge in [-0.1, -0.05) is 23.9 Å². The summed E-state index contributed by atoms with van der Waals surface area (Å²) in [4.78, 5) is 28.3. The number of amidine groups is 1. The van der Waals surface area contributed by atoms with Gasteiger partial charge in [0.2, 0.25) is 0 Å². The molecule has 2 aromatic rings. The lowest BCUT2D eigenvalue weighted by Crippen LogP contribution is -2.25. The number of carbonyl (C=O) groups excluding carboxylic acids is 1. The molecule has 0 unspecified atom stereocenters. The van der Waals surface area contributed by atoms with E-state index in [2.05, 4.69) is 4.99 Å². The van der Waals surface area contributed by atoms with Crippen molar-refractivity contribution in [2.75, 3.05) is 18.0 Å². The van der Waals surface area contributed by atoms with Gasteiger partial charge >= 0.3 is 0 Å². The molecule has 3 rings (SSSR count). The van der Waals surface area contributed by atoms with Gasteiger partial charge < -0.3 is 14.8 Å². The van der Waals surface area contributed by atoms with E-state index < -0.39 is 10.9 Å². The van der Waals surface area contributed by atoms with Crippen LogP contribution in [0, 0.1) is 10.1 Å². The standard InChI is InChI=1S/C16H13N3O4S/c20-15(21)11-1-3-12(4-2-11)18-10-9-17-16(18)24-14-7-5-13(6-8-14)19(22)23/h1-8H,9-10H2,(H,20,21)/p-1. The maximum absolute atomic E-state index is 10.8. The molecule has 0 aromatic heterocycles. The van der Waals surface area contributed by atoms with Crippen LogP contribution in [0.25, 0.3) is 0 Å². The van der Waals surface area contributed by atoms with E-state index in [1.54, 1.807) is 24.3 Å². The first-order chi connectivity index (χ1) is 11.5. The molecule has 1 aliphatic heterocycles. The van der Waals surface area contributed by atoms with E-state index in [0.29, 0.717) is 13.1 Å². The van der Waals surface area contributed by atoms with Crippen LogP contribution in [0.2, 0.25) is 0 Å². The number of nitrogens with zero attached hydrogens (tertiary/aromatic N) is 3. The van der Waals surface area contributed by atoms with Gasteiger partial charge in [0.15, 0.2) is 5.17 Å². The molecule has 0 atom stereocenters. The van der Waals surface area contributed by atoms with Gasteiger partial charge in [0, 0.05) is 29.3 Å². The highest BCUT2D eigenvalue weighted by Crippen LogP contribution is 2.29. The first-order valence-electron chi connectivity index (χ1n) is 7.10. The van der Waals surface area contributed by atoms with Crippen LogP contribution < -0.4 is 10.0 Å². The second-order valence-corrected chi connectivity index (χ2v) is 6.04. The molecule has 2 aromatic carbocycles. The third kappa shape index (κ3) is 3.38. The summed E-state index contributed by atoms with van der Waals surface area (Å²) < 4.78 is 0. The highest BCUT2D eigenvalue weighted by molar-refractivity contribution is 8.14. The van der Waals surface area contributed by atoms with Gasteiger partial charge in [-0.25, -0.2) is 0 Å². The number of hydrogen-bond donors (Lipinski definition) is 0. The Balaban J connectivity index is 1.75. The van der Waals surface area contributed by atoms with Crippen molar-refractivity contribution in [3.8, 4) is 0 Å². The fourth-order valence-electron chi connectivity index (χ4n) is 2.27. The van der Waals surface area contributed by atoms with E-state index in [1.807, 2.05) is 4.90 Å². The minimum Gasteiger partial charge on any atom is -0.545 e. The number of carbonyl (C=O) groups is 1. The SMILES string of the molecule is O=C([O-])c1ccc(N2CCN=C2Sc2ccc([N+](=O)[O-])cc2)cc1. The van der Waals surface area contributed by atoms with Crippen molar-refractivity contribution in [2.45, 2.75) is 4.90 Å². The molecule has 1 heterocycles. The second-order valence-electron chi connectivity index (χ2n) is 5.00. The van der Waals surface area contributed by atoms with E-state index >= 15 is 0 Å². The Hall–Kier alpha value is -2.87. The number of nitro benzene ring substituents is 1. The number of thioether (sulfide) groups is 1. The van der Waals surface area contributed by atoms with E-state index in [1.165, 1.54) is 36.0 Å². The molecule has 0 amide bonds. The fourth-order valence-corrected chi connectivity index (χ4v) is 3.22.